The summed E-state index contributed by atoms with van der Waals surface area (Å²) >= 11 is 0. The first-order valence-electron chi connectivity index (χ1n) is 7.60. The van der Waals surface area contributed by atoms with Gasteiger partial charge in [0.15, 0.2) is 0 Å². The number of amides is 1. The van der Waals surface area contributed by atoms with Gasteiger partial charge in [-0.3, -0.25) is 4.79 Å². The van der Waals surface area contributed by atoms with E-state index in [4.69, 9.17) is 4.74 Å². The fourth-order valence-electron chi connectivity index (χ4n) is 3.08. The standard InChI is InChI=1S/C16H21FN2O2/c17-14-5-1-3-12(9-14)15-11-19(7-8-21-15)16(20)13-4-2-6-18-10-13/h1,3,5,9,13,15,18H,2,4,6-8,10-11H2. The lowest BCUT2D eigenvalue weighted by atomic mass is 9.97. The number of piperidine rings is 1. The molecule has 1 aromatic rings. The monoisotopic (exact) mass is 292 g/mol. The van der Waals surface area contributed by atoms with Crippen LogP contribution in [0.1, 0.15) is 24.5 Å². The lowest BCUT2D eigenvalue weighted by Crippen LogP contribution is -2.48. The van der Waals surface area contributed by atoms with Gasteiger partial charge in [0.1, 0.15) is 11.9 Å². The zero-order valence-corrected chi connectivity index (χ0v) is 12.1. The lowest BCUT2D eigenvalue weighted by molar-refractivity contribution is -0.143. The molecule has 0 aromatic heterocycles. The van der Waals surface area contributed by atoms with Crippen LogP contribution >= 0.6 is 0 Å². The van der Waals surface area contributed by atoms with Gasteiger partial charge in [-0.2, -0.15) is 0 Å². The van der Waals surface area contributed by atoms with Crippen LogP contribution in [0.2, 0.25) is 0 Å². The fourth-order valence-corrected chi connectivity index (χ4v) is 3.08. The van der Waals surface area contributed by atoms with Gasteiger partial charge in [0.2, 0.25) is 5.91 Å². The van der Waals surface area contributed by atoms with Crippen LogP contribution in [0.15, 0.2) is 24.3 Å². The molecule has 2 aliphatic rings. The number of ether oxygens (including phenoxy) is 1. The van der Waals surface area contributed by atoms with E-state index in [-0.39, 0.29) is 23.7 Å². The number of hydrogen-bond donors (Lipinski definition) is 1. The average Bonchev–Trinajstić information content (AvgIpc) is 2.55. The third-order valence-corrected chi connectivity index (χ3v) is 4.24. The van der Waals surface area contributed by atoms with Crippen molar-refractivity contribution in [2.45, 2.75) is 18.9 Å². The van der Waals surface area contributed by atoms with Crippen molar-refractivity contribution in [2.24, 2.45) is 5.92 Å². The summed E-state index contributed by atoms with van der Waals surface area (Å²) in [5.41, 5.74) is 0.800. The first-order chi connectivity index (χ1) is 10.2. The molecule has 4 nitrogen and oxygen atoms in total. The highest BCUT2D eigenvalue weighted by Gasteiger charge is 2.30. The summed E-state index contributed by atoms with van der Waals surface area (Å²) in [5, 5.41) is 3.28. The summed E-state index contributed by atoms with van der Waals surface area (Å²) in [6.45, 7) is 3.41. The molecule has 5 heteroatoms. The SMILES string of the molecule is O=C(C1CCCNC1)N1CCOC(c2cccc(F)c2)C1. The van der Waals surface area contributed by atoms with Gasteiger partial charge in [-0.05, 0) is 37.1 Å². The summed E-state index contributed by atoms with van der Waals surface area (Å²) in [7, 11) is 0. The summed E-state index contributed by atoms with van der Waals surface area (Å²) in [6.07, 6.45) is 1.77. The highest BCUT2D eigenvalue weighted by molar-refractivity contribution is 5.79. The van der Waals surface area contributed by atoms with Crippen molar-refractivity contribution in [2.75, 3.05) is 32.8 Å². The first kappa shape index (κ1) is 14.5. The second-order valence-electron chi connectivity index (χ2n) is 5.74. The van der Waals surface area contributed by atoms with Gasteiger partial charge in [-0.15, -0.1) is 0 Å². The number of halogens is 1. The summed E-state index contributed by atoms with van der Waals surface area (Å²) < 4.78 is 19.0. The molecule has 1 amide bonds. The molecule has 0 aliphatic carbocycles. The number of nitrogens with one attached hydrogen (secondary N) is 1. The predicted octanol–water partition coefficient (Wildman–Crippen LogP) is 1.73. The molecule has 1 aromatic carbocycles. The van der Waals surface area contributed by atoms with Gasteiger partial charge in [0.05, 0.1) is 19.1 Å². The van der Waals surface area contributed by atoms with Crippen LogP contribution in [0.4, 0.5) is 4.39 Å². The second kappa shape index (κ2) is 6.54. The molecule has 0 saturated carbocycles. The Morgan fingerprint density at radius 1 is 1.43 bits per heavy atom. The molecule has 2 fully saturated rings. The molecule has 2 saturated heterocycles. The zero-order valence-electron chi connectivity index (χ0n) is 12.1. The zero-order chi connectivity index (χ0) is 14.7. The highest BCUT2D eigenvalue weighted by atomic mass is 19.1. The Hall–Kier alpha value is -1.46. The Bertz CT molecular complexity index is 503. The van der Waals surface area contributed by atoms with Crippen molar-refractivity contribution in [3.8, 4) is 0 Å². The Labute approximate surface area is 124 Å². The van der Waals surface area contributed by atoms with Crippen LogP contribution < -0.4 is 5.32 Å². The van der Waals surface area contributed by atoms with Crippen molar-refractivity contribution in [3.05, 3.63) is 35.6 Å². The predicted molar refractivity (Wildman–Crippen MR) is 77.3 cm³/mol. The number of rotatable bonds is 2. The molecule has 2 aliphatic heterocycles. The van der Waals surface area contributed by atoms with E-state index in [2.05, 4.69) is 5.32 Å². The Morgan fingerprint density at radius 2 is 2.33 bits per heavy atom. The molecule has 2 unspecified atom stereocenters. The van der Waals surface area contributed by atoms with E-state index < -0.39 is 0 Å². The molecule has 114 valence electrons. The van der Waals surface area contributed by atoms with Crippen LogP contribution in [-0.4, -0.2) is 43.6 Å². The maximum absolute atomic E-state index is 13.3. The molecule has 0 bridgehead atoms. The molecule has 3 rings (SSSR count). The summed E-state index contributed by atoms with van der Waals surface area (Å²) in [5.74, 6) is 0.00735. The molecule has 1 N–H and O–H groups in total. The van der Waals surface area contributed by atoms with Crippen molar-refractivity contribution in [1.29, 1.82) is 0 Å². The largest absolute Gasteiger partial charge is 0.370 e. The van der Waals surface area contributed by atoms with E-state index in [1.807, 2.05) is 11.0 Å². The van der Waals surface area contributed by atoms with Crippen LogP contribution in [0.25, 0.3) is 0 Å². The minimum Gasteiger partial charge on any atom is -0.370 e. The van der Waals surface area contributed by atoms with Gasteiger partial charge in [-0.1, -0.05) is 12.1 Å². The Kier molecular flexibility index (Phi) is 4.51. The Balaban J connectivity index is 1.66. The van der Waals surface area contributed by atoms with Crippen LogP contribution in [0, 0.1) is 11.7 Å². The molecule has 21 heavy (non-hydrogen) atoms. The van der Waals surface area contributed by atoms with Gasteiger partial charge in [0, 0.05) is 13.1 Å². The minimum atomic E-state index is -0.268. The van der Waals surface area contributed by atoms with Gasteiger partial charge >= 0.3 is 0 Å². The smallest absolute Gasteiger partial charge is 0.227 e. The quantitative estimate of drug-likeness (QED) is 0.902. The van der Waals surface area contributed by atoms with Gasteiger partial charge in [0.25, 0.3) is 0 Å². The average molecular weight is 292 g/mol. The van der Waals surface area contributed by atoms with Crippen molar-refractivity contribution >= 4 is 5.91 Å². The summed E-state index contributed by atoms with van der Waals surface area (Å²) in [6, 6.07) is 6.44. The molecule has 2 atom stereocenters. The lowest BCUT2D eigenvalue weighted by Gasteiger charge is -2.36. The second-order valence-corrected chi connectivity index (χ2v) is 5.74. The molecular formula is C16H21FN2O2. The van der Waals surface area contributed by atoms with Gasteiger partial charge in [-0.25, -0.2) is 4.39 Å². The van der Waals surface area contributed by atoms with Crippen LogP contribution in [0.5, 0.6) is 0 Å². The van der Waals surface area contributed by atoms with Crippen molar-refractivity contribution in [3.63, 3.8) is 0 Å². The van der Waals surface area contributed by atoms with E-state index in [9.17, 15) is 9.18 Å². The topological polar surface area (TPSA) is 41.6 Å². The van der Waals surface area contributed by atoms with Gasteiger partial charge < -0.3 is 15.0 Å². The van der Waals surface area contributed by atoms with Crippen LogP contribution in [-0.2, 0) is 9.53 Å². The number of carbonyl (C=O) groups excluding carboxylic acids is 1. The third kappa shape index (κ3) is 3.41. The number of nitrogens with zero attached hydrogens (tertiary/aromatic N) is 1. The number of benzene rings is 1. The maximum Gasteiger partial charge on any atom is 0.227 e. The third-order valence-electron chi connectivity index (χ3n) is 4.24. The van der Waals surface area contributed by atoms with E-state index >= 15 is 0 Å². The summed E-state index contributed by atoms with van der Waals surface area (Å²) in [4.78, 5) is 14.4. The number of morpholine rings is 1. The number of carbonyl (C=O) groups is 1. The fraction of sp³-hybridized carbons (Fsp3) is 0.562. The number of hydrogen-bond acceptors (Lipinski definition) is 3. The molecular weight excluding hydrogens is 271 g/mol. The van der Waals surface area contributed by atoms with Crippen molar-refractivity contribution < 1.29 is 13.9 Å². The maximum atomic E-state index is 13.3. The highest BCUT2D eigenvalue weighted by Crippen LogP contribution is 2.24. The first-order valence-corrected chi connectivity index (χ1v) is 7.60. The van der Waals surface area contributed by atoms with E-state index in [0.717, 1.165) is 31.5 Å². The molecule has 0 radical (unpaired) electrons. The Morgan fingerprint density at radius 3 is 3.10 bits per heavy atom. The molecule has 0 spiro atoms. The minimum absolute atomic E-state index is 0.0741. The van der Waals surface area contributed by atoms with E-state index in [1.165, 1.54) is 12.1 Å². The van der Waals surface area contributed by atoms with Crippen LogP contribution in [0.3, 0.4) is 0 Å². The van der Waals surface area contributed by atoms with E-state index in [1.54, 1.807) is 6.07 Å². The van der Waals surface area contributed by atoms with Crippen molar-refractivity contribution in [1.82, 2.24) is 10.2 Å². The van der Waals surface area contributed by atoms with E-state index in [0.29, 0.717) is 19.7 Å². The normalized spacial score (nSPS) is 26.6. The molecule has 2 heterocycles.